The van der Waals surface area contributed by atoms with Crippen molar-refractivity contribution in [2.45, 2.75) is 13.8 Å². The molecule has 0 radical (unpaired) electrons. The third-order valence-electron chi connectivity index (χ3n) is 3.84. The number of nitrogens with zero attached hydrogens (tertiary/aromatic N) is 5. The second-order valence-electron chi connectivity index (χ2n) is 5.46. The molecule has 0 aliphatic rings. The van der Waals surface area contributed by atoms with Crippen LogP contribution in [0.3, 0.4) is 0 Å². The van der Waals surface area contributed by atoms with Gasteiger partial charge in [0, 0.05) is 12.2 Å². The van der Waals surface area contributed by atoms with E-state index in [2.05, 4.69) is 15.5 Å². The van der Waals surface area contributed by atoms with Crippen LogP contribution < -0.4 is 9.64 Å². The van der Waals surface area contributed by atoms with Crippen LogP contribution in [0.4, 0.5) is 5.69 Å². The molecule has 7 nitrogen and oxygen atoms in total. The summed E-state index contributed by atoms with van der Waals surface area (Å²) in [6.45, 7) is 4.51. The molecule has 0 fully saturated rings. The first-order chi connectivity index (χ1) is 12.2. The molecule has 7 heteroatoms. The number of tetrazole rings is 1. The van der Waals surface area contributed by atoms with Gasteiger partial charge in [0.05, 0.1) is 5.69 Å². The molecule has 0 aliphatic heterocycles. The molecule has 1 heterocycles. The highest BCUT2D eigenvalue weighted by molar-refractivity contribution is 5.95. The molecule has 0 bridgehead atoms. The maximum absolute atomic E-state index is 12.5. The highest BCUT2D eigenvalue weighted by Crippen LogP contribution is 2.20. The topological polar surface area (TPSA) is 73.1 Å². The third-order valence-corrected chi connectivity index (χ3v) is 3.84. The Morgan fingerprint density at radius 1 is 1.16 bits per heavy atom. The Bertz CT molecular complexity index is 831. The lowest BCUT2D eigenvalue weighted by molar-refractivity contribution is -0.120. The Kier molecular flexibility index (Phi) is 5.03. The van der Waals surface area contributed by atoms with Gasteiger partial charge in [0.15, 0.2) is 6.61 Å². The van der Waals surface area contributed by atoms with Gasteiger partial charge in [-0.3, -0.25) is 4.79 Å². The van der Waals surface area contributed by atoms with Crippen molar-refractivity contribution < 1.29 is 9.53 Å². The van der Waals surface area contributed by atoms with Gasteiger partial charge < -0.3 is 9.64 Å². The van der Waals surface area contributed by atoms with E-state index in [1.54, 1.807) is 21.7 Å². The van der Waals surface area contributed by atoms with Gasteiger partial charge in [0.2, 0.25) is 0 Å². The third kappa shape index (κ3) is 3.82. The Labute approximate surface area is 145 Å². The fraction of sp³-hybridized carbons (Fsp3) is 0.222. The van der Waals surface area contributed by atoms with Gasteiger partial charge in [-0.05, 0) is 60.2 Å². The Morgan fingerprint density at radius 3 is 2.56 bits per heavy atom. The summed E-state index contributed by atoms with van der Waals surface area (Å²) in [4.78, 5) is 14.3. The van der Waals surface area contributed by atoms with Crippen LogP contribution in [0.15, 0.2) is 54.9 Å². The number of likely N-dealkylation sites (N-methyl/N-ethyl adjacent to an activating group) is 1. The van der Waals surface area contributed by atoms with Crippen LogP contribution in [0.25, 0.3) is 5.69 Å². The van der Waals surface area contributed by atoms with Gasteiger partial charge >= 0.3 is 0 Å². The van der Waals surface area contributed by atoms with E-state index in [-0.39, 0.29) is 12.5 Å². The first kappa shape index (κ1) is 16.6. The van der Waals surface area contributed by atoms with E-state index >= 15 is 0 Å². The normalized spacial score (nSPS) is 10.5. The van der Waals surface area contributed by atoms with Crippen LogP contribution in [0.1, 0.15) is 12.5 Å². The summed E-state index contributed by atoms with van der Waals surface area (Å²) in [5, 5.41) is 11.0. The van der Waals surface area contributed by atoms with Crippen molar-refractivity contribution in [2.75, 3.05) is 18.1 Å². The molecule has 0 saturated carbocycles. The number of rotatable bonds is 6. The quantitative estimate of drug-likeness (QED) is 0.690. The van der Waals surface area contributed by atoms with E-state index in [9.17, 15) is 4.79 Å². The van der Waals surface area contributed by atoms with Crippen molar-refractivity contribution in [3.05, 3.63) is 60.4 Å². The summed E-state index contributed by atoms with van der Waals surface area (Å²) in [7, 11) is 0. The van der Waals surface area contributed by atoms with Gasteiger partial charge in [-0.25, -0.2) is 4.68 Å². The van der Waals surface area contributed by atoms with Crippen LogP contribution in [0.5, 0.6) is 5.75 Å². The maximum Gasteiger partial charge on any atom is 0.264 e. The van der Waals surface area contributed by atoms with E-state index in [1.165, 1.54) is 6.33 Å². The molecule has 2 aromatic carbocycles. The number of aromatic nitrogens is 4. The second-order valence-corrected chi connectivity index (χ2v) is 5.46. The molecule has 1 aromatic heterocycles. The van der Waals surface area contributed by atoms with E-state index in [4.69, 9.17) is 4.74 Å². The van der Waals surface area contributed by atoms with E-state index in [1.807, 2.05) is 50.2 Å². The molecule has 0 unspecified atom stereocenters. The summed E-state index contributed by atoms with van der Waals surface area (Å²) < 4.78 is 7.18. The Morgan fingerprint density at radius 2 is 1.92 bits per heavy atom. The SMILES string of the molecule is CCN(C(=O)COc1ccc(-n2cnnn2)cc1)c1ccccc1C. The fourth-order valence-corrected chi connectivity index (χ4v) is 2.54. The van der Waals surface area contributed by atoms with Crippen LogP contribution >= 0.6 is 0 Å². The molecule has 128 valence electrons. The van der Waals surface area contributed by atoms with Crippen LogP contribution in [0.2, 0.25) is 0 Å². The number of ether oxygens (including phenoxy) is 1. The number of para-hydroxylation sites is 1. The van der Waals surface area contributed by atoms with Gasteiger partial charge in [0.25, 0.3) is 5.91 Å². The molecule has 0 saturated heterocycles. The number of benzene rings is 2. The molecular weight excluding hydrogens is 318 g/mol. The average Bonchev–Trinajstić information content (AvgIpc) is 3.17. The minimum Gasteiger partial charge on any atom is -0.484 e. The number of hydrogen-bond acceptors (Lipinski definition) is 5. The molecular formula is C18H19N5O2. The number of anilines is 1. The first-order valence-corrected chi connectivity index (χ1v) is 8.01. The molecule has 0 N–H and O–H groups in total. The van der Waals surface area contributed by atoms with E-state index in [0.29, 0.717) is 12.3 Å². The van der Waals surface area contributed by atoms with Crippen LogP contribution in [0, 0.1) is 6.92 Å². The van der Waals surface area contributed by atoms with Crippen molar-refractivity contribution in [1.29, 1.82) is 0 Å². The number of hydrogen-bond donors (Lipinski definition) is 0. The molecule has 3 aromatic rings. The molecule has 3 rings (SSSR count). The predicted octanol–water partition coefficient (Wildman–Crippen LogP) is 2.40. The summed E-state index contributed by atoms with van der Waals surface area (Å²) in [5.41, 5.74) is 2.79. The first-order valence-electron chi connectivity index (χ1n) is 8.01. The number of carbonyl (C=O) groups excluding carboxylic acids is 1. The molecule has 0 aliphatic carbocycles. The van der Waals surface area contributed by atoms with Crippen molar-refractivity contribution in [1.82, 2.24) is 20.2 Å². The molecule has 0 spiro atoms. The summed E-state index contributed by atoms with van der Waals surface area (Å²) in [6.07, 6.45) is 1.51. The Balaban J connectivity index is 1.64. The van der Waals surface area contributed by atoms with Crippen molar-refractivity contribution >= 4 is 11.6 Å². The zero-order valence-electron chi connectivity index (χ0n) is 14.2. The van der Waals surface area contributed by atoms with Crippen molar-refractivity contribution in [3.8, 4) is 11.4 Å². The lowest BCUT2D eigenvalue weighted by atomic mass is 10.2. The lowest BCUT2D eigenvalue weighted by Gasteiger charge is -2.23. The predicted molar refractivity (Wildman–Crippen MR) is 93.9 cm³/mol. The zero-order chi connectivity index (χ0) is 17.6. The number of aryl methyl sites for hydroxylation is 1. The minimum atomic E-state index is -0.0821. The molecule has 1 amide bonds. The summed E-state index contributed by atoms with van der Waals surface area (Å²) in [6, 6.07) is 15.0. The Hall–Kier alpha value is -3.22. The van der Waals surface area contributed by atoms with Gasteiger partial charge in [-0.1, -0.05) is 18.2 Å². The minimum absolute atomic E-state index is 0.0214. The van der Waals surface area contributed by atoms with Crippen LogP contribution in [-0.4, -0.2) is 39.3 Å². The standard InChI is InChI=1S/C18H19N5O2/c1-3-22(17-7-5-4-6-14(17)2)18(24)12-25-16-10-8-15(9-11-16)23-13-19-20-21-23/h4-11,13H,3,12H2,1-2H3. The summed E-state index contributed by atoms with van der Waals surface area (Å²) >= 11 is 0. The van der Waals surface area contributed by atoms with Crippen molar-refractivity contribution in [3.63, 3.8) is 0 Å². The lowest BCUT2D eigenvalue weighted by Crippen LogP contribution is -2.35. The summed E-state index contributed by atoms with van der Waals surface area (Å²) in [5.74, 6) is 0.535. The van der Waals surface area contributed by atoms with Gasteiger partial charge in [-0.15, -0.1) is 5.10 Å². The fourth-order valence-electron chi connectivity index (χ4n) is 2.54. The van der Waals surface area contributed by atoms with Crippen LogP contribution in [-0.2, 0) is 4.79 Å². The number of carbonyl (C=O) groups is 1. The zero-order valence-corrected chi connectivity index (χ0v) is 14.2. The van der Waals surface area contributed by atoms with Crippen molar-refractivity contribution in [2.24, 2.45) is 0 Å². The molecule has 0 atom stereocenters. The largest absolute Gasteiger partial charge is 0.484 e. The molecule has 25 heavy (non-hydrogen) atoms. The monoisotopic (exact) mass is 337 g/mol. The highest BCUT2D eigenvalue weighted by atomic mass is 16.5. The maximum atomic E-state index is 12.5. The second kappa shape index (κ2) is 7.57. The van der Waals surface area contributed by atoms with E-state index < -0.39 is 0 Å². The van der Waals surface area contributed by atoms with Gasteiger partial charge in [0.1, 0.15) is 12.1 Å². The highest BCUT2D eigenvalue weighted by Gasteiger charge is 2.16. The smallest absolute Gasteiger partial charge is 0.264 e. The van der Waals surface area contributed by atoms with Gasteiger partial charge in [-0.2, -0.15) is 0 Å². The average molecular weight is 337 g/mol. The van der Waals surface area contributed by atoms with E-state index in [0.717, 1.165) is 16.9 Å². The number of amides is 1.